The lowest BCUT2D eigenvalue weighted by Gasteiger charge is -2.37. The zero-order chi connectivity index (χ0) is 25.1. The maximum Gasteiger partial charge on any atom is 0.338 e. The van der Waals surface area contributed by atoms with E-state index in [1.807, 2.05) is 13.8 Å². The molecule has 3 amide bonds. The van der Waals surface area contributed by atoms with Gasteiger partial charge in [-0.1, -0.05) is 32.1 Å². The van der Waals surface area contributed by atoms with Crippen molar-refractivity contribution in [3.8, 4) is 0 Å². The Morgan fingerprint density at radius 1 is 0.944 bits per heavy atom. The fraction of sp³-hybridized carbons (Fsp3) is 0.379. The first-order chi connectivity index (χ1) is 17.3. The maximum atomic E-state index is 13.4. The largest absolute Gasteiger partial charge is 0.462 e. The zero-order valence-electron chi connectivity index (χ0n) is 20.2. The monoisotopic (exact) mass is 484 g/mol. The van der Waals surface area contributed by atoms with Crippen molar-refractivity contribution in [2.75, 3.05) is 16.8 Å². The molecular weight excluding hydrogens is 456 g/mol. The van der Waals surface area contributed by atoms with Crippen LogP contribution in [0, 0.1) is 41.4 Å². The average molecular weight is 485 g/mol. The number of rotatable bonds is 6. The molecule has 5 aliphatic rings. The summed E-state index contributed by atoms with van der Waals surface area (Å²) in [4.78, 5) is 53.1. The molecule has 2 aromatic carbocycles. The van der Waals surface area contributed by atoms with E-state index in [1.54, 1.807) is 48.5 Å². The van der Waals surface area contributed by atoms with Gasteiger partial charge >= 0.3 is 5.97 Å². The van der Waals surface area contributed by atoms with Gasteiger partial charge in [-0.05, 0) is 78.5 Å². The summed E-state index contributed by atoms with van der Waals surface area (Å²) in [5.41, 5.74) is 1.70. The van der Waals surface area contributed by atoms with E-state index in [0.29, 0.717) is 40.9 Å². The third-order valence-corrected chi connectivity index (χ3v) is 7.96. The number of amides is 3. The quantitative estimate of drug-likeness (QED) is 0.375. The summed E-state index contributed by atoms with van der Waals surface area (Å²) >= 11 is 0. The van der Waals surface area contributed by atoms with Crippen LogP contribution in [-0.4, -0.2) is 30.3 Å². The average Bonchev–Trinajstić information content (AvgIpc) is 3.66. The number of benzene rings is 2. The summed E-state index contributed by atoms with van der Waals surface area (Å²) < 4.78 is 5.23. The van der Waals surface area contributed by atoms with Gasteiger partial charge in [-0.15, -0.1) is 0 Å². The number of carbonyl (C=O) groups is 4. The van der Waals surface area contributed by atoms with Gasteiger partial charge in [0, 0.05) is 11.3 Å². The summed E-state index contributed by atoms with van der Waals surface area (Å²) in [7, 11) is 0. The number of allylic oxidation sites excluding steroid dienone is 2. The van der Waals surface area contributed by atoms with E-state index in [1.165, 1.54) is 4.90 Å². The number of anilines is 2. The molecule has 1 saturated heterocycles. The molecule has 0 unspecified atom stereocenters. The molecule has 0 aromatic heterocycles. The number of nitrogens with one attached hydrogen (secondary N) is 1. The minimum absolute atomic E-state index is 0.146. The Bertz CT molecular complexity index is 1260. The van der Waals surface area contributed by atoms with Gasteiger partial charge in [-0.2, -0.15) is 0 Å². The molecule has 1 heterocycles. The van der Waals surface area contributed by atoms with Gasteiger partial charge in [0.2, 0.25) is 11.8 Å². The Balaban J connectivity index is 1.16. The number of carbonyl (C=O) groups excluding carboxylic acids is 4. The summed E-state index contributed by atoms with van der Waals surface area (Å²) in [6.45, 7) is 4.27. The van der Waals surface area contributed by atoms with E-state index in [2.05, 4.69) is 17.5 Å². The van der Waals surface area contributed by atoms with Crippen LogP contribution in [0.2, 0.25) is 0 Å². The van der Waals surface area contributed by atoms with Crippen LogP contribution in [-0.2, 0) is 14.3 Å². The summed E-state index contributed by atoms with van der Waals surface area (Å²) in [5, 5.41) is 2.81. The molecule has 7 nitrogen and oxygen atoms in total. The first kappa shape index (κ1) is 22.7. The second-order valence-corrected chi connectivity index (χ2v) is 10.7. The first-order valence-corrected chi connectivity index (χ1v) is 12.6. The molecule has 0 spiro atoms. The normalized spacial score (nSPS) is 29.2. The molecule has 3 fully saturated rings. The van der Waals surface area contributed by atoms with Gasteiger partial charge in [0.1, 0.15) is 0 Å². The lowest BCUT2D eigenvalue weighted by Crippen LogP contribution is -2.40. The van der Waals surface area contributed by atoms with Crippen molar-refractivity contribution in [1.29, 1.82) is 0 Å². The Hall–Kier alpha value is -3.74. The third kappa shape index (κ3) is 3.65. The number of imide groups is 1. The van der Waals surface area contributed by atoms with E-state index in [-0.39, 0.29) is 47.3 Å². The van der Waals surface area contributed by atoms with Crippen LogP contribution >= 0.6 is 0 Å². The lowest BCUT2D eigenvalue weighted by molar-refractivity contribution is -0.124. The number of hydrogen-bond donors (Lipinski definition) is 1. The second-order valence-electron chi connectivity index (χ2n) is 10.7. The van der Waals surface area contributed by atoms with Crippen LogP contribution < -0.4 is 10.2 Å². The van der Waals surface area contributed by atoms with Crippen LogP contribution in [0.1, 0.15) is 41.0 Å². The zero-order valence-corrected chi connectivity index (χ0v) is 20.2. The Kier molecular flexibility index (Phi) is 5.32. The second kappa shape index (κ2) is 8.43. The standard InChI is InChI=1S/C29H28N2O5/c1-15(2)14-36-29(35)16-6-8-18(9-7-16)30-26(32)17-4-3-5-19(12-17)31-27(33)24-20-10-11-21(23-13-22(20)23)25(24)28(31)34/h3-12,15,20-25H,13-14H2,1-2H3,(H,30,32)/t20-,21+,22-,23-,24+,25-/m1/s1. The number of hydrogen-bond acceptors (Lipinski definition) is 5. The SMILES string of the molecule is CC(C)COC(=O)c1ccc(NC(=O)c2cccc(N3C(=O)[C@@H]4[C@H]5C=C[C@H]([C@H]6C[C@H]56)[C@@H]4C3=O)c2)cc1. The highest BCUT2D eigenvalue weighted by Crippen LogP contribution is 2.65. The molecule has 184 valence electrons. The summed E-state index contributed by atoms with van der Waals surface area (Å²) in [6, 6.07) is 13.1. The van der Waals surface area contributed by atoms with Crippen LogP contribution in [0.15, 0.2) is 60.7 Å². The molecule has 2 bridgehead atoms. The predicted octanol–water partition coefficient (Wildman–Crippen LogP) is 4.31. The smallest absolute Gasteiger partial charge is 0.338 e. The van der Waals surface area contributed by atoms with Gasteiger partial charge in [-0.3, -0.25) is 14.4 Å². The lowest BCUT2D eigenvalue weighted by atomic mass is 9.63. The minimum atomic E-state index is -0.407. The van der Waals surface area contributed by atoms with Crippen LogP contribution in [0.3, 0.4) is 0 Å². The molecule has 4 aliphatic carbocycles. The van der Waals surface area contributed by atoms with E-state index in [4.69, 9.17) is 4.74 Å². The van der Waals surface area contributed by atoms with Crippen molar-refractivity contribution < 1.29 is 23.9 Å². The Morgan fingerprint density at radius 3 is 2.19 bits per heavy atom. The first-order valence-electron chi connectivity index (χ1n) is 12.6. The van der Waals surface area contributed by atoms with Crippen molar-refractivity contribution in [1.82, 2.24) is 0 Å². The van der Waals surface area contributed by atoms with E-state index >= 15 is 0 Å². The molecule has 7 heteroatoms. The Labute approximate surface area is 209 Å². The van der Waals surface area contributed by atoms with Crippen LogP contribution in [0.5, 0.6) is 0 Å². The van der Waals surface area contributed by atoms with Crippen molar-refractivity contribution in [3.63, 3.8) is 0 Å². The molecule has 6 atom stereocenters. The van der Waals surface area contributed by atoms with Gasteiger partial charge in [0.05, 0.1) is 29.7 Å². The molecule has 2 aromatic rings. The number of nitrogens with zero attached hydrogens (tertiary/aromatic N) is 1. The van der Waals surface area contributed by atoms with Crippen molar-refractivity contribution >= 4 is 35.1 Å². The fourth-order valence-electron chi connectivity index (χ4n) is 6.22. The minimum Gasteiger partial charge on any atom is -0.462 e. The van der Waals surface area contributed by atoms with Crippen molar-refractivity contribution in [2.24, 2.45) is 41.4 Å². The molecule has 36 heavy (non-hydrogen) atoms. The Morgan fingerprint density at radius 2 is 1.58 bits per heavy atom. The van der Waals surface area contributed by atoms with Gasteiger partial charge in [-0.25, -0.2) is 9.69 Å². The van der Waals surface area contributed by atoms with Crippen LogP contribution in [0.4, 0.5) is 11.4 Å². The highest BCUT2D eigenvalue weighted by molar-refractivity contribution is 6.23. The molecule has 7 rings (SSSR count). The molecule has 1 N–H and O–H groups in total. The number of ether oxygens (including phenoxy) is 1. The molecule has 0 radical (unpaired) electrons. The topological polar surface area (TPSA) is 92.8 Å². The highest BCUT2D eigenvalue weighted by atomic mass is 16.5. The van der Waals surface area contributed by atoms with Crippen molar-refractivity contribution in [3.05, 3.63) is 71.8 Å². The van der Waals surface area contributed by atoms with Gasteiger partial charge in [0.25, 0.3) is 5.91 Å². The molecule has 2 saturated carbocycles. The molecular formula is C29H28N2O5. The van der Waals surface area contributed by atoms with Gasteiger partial charge in [0.15, 0.2) is 0 Å². The van der Waals surface area contributed by atoms with E-state index in [9.17, 15) is 19.2 Å². The fourth-order valence-corrected chi connectivity index (χ4v) is 6.22. The third-order valence-electron chi connectivity index (χ3n) is 7.96. The summed E-state index contributed by atoms with van der Waals surface area (Å²) in [6.07, 6.45) is 5.41. The van der Waals surface area contributed by atoms with Gasteiger partial charge < -0.3 is 10.1 Å². The summed E-state index contributed by atoms with van der Waals surface area (Å²) in [5.74, 6) is 0.0144. The number of esters is 1. The van der Waals surface area contributed by atoms with E-state index in [0.717, 1.165) is 6.42 Å². The van der Waals surface area contributed by atoms with Crippen molar-refractivity contribution in [2.45, 2.75) is 20.3 Å². The maximum absolute atomic E-state index is 13.4. The highest BCUT2D eigenvalue weighted by Gasteiger charge is 2.67. The van der Waals surface area contributed by atoms with E-state index < -0.39 is 5.97 Å². The molecule has 1 aliphatic heterocycles. The van der Waals surface area contributed by atoms with Crippen LogP contribution in [0.25, 0.3) is 0 Å². The predicted molar refractivity (Wildman–Crippen MR) is 133 cm³/mol.